The van der Waals surface area contributed by atoms with Gasteiger partial charge in [-0.3, -0.25) is 14.3 Å². The van der Waals surface area contributed by atoms with Crippen molar-refractivity contribution in [3.8, 4) is 0 Å². The number of nitrogens with one attached hydrogen (secondary N) is 1. The number of alkyl halides is 2. The Morgan fingerprint density at radius 2 is 2.27 bits per heavy atom. The molecular formula is C9H10F2N6O5. The predicted octanol–water partition coefficient (Wildman–Crippen LogP) is -1.01. The van der Waals surface area contributed by atoms with Gasteiger partial charge in [-0.1, -0.05) is 10.3 Å². The quantitative estimate of drug-likeness (QED) is 0.183. The van der Waals surface area contributed by atoms with Gasteiger partial charge in [0.25, 0.3) is 5.56 Å². The molecule has 1 saturated heterocycles. The first-order valence-corrected chi connectivity index (χ1v) is 5.73. The summed E-state index contributed by atoms with van der Waals surface area (Å²) in [5.74, 6) is -4.03. The number of ether oxygens (including phenoxy) is 1. The van der Waals surface area contributed by atoms with Gasteiger partial charge in [0.05, 0.1) is 6.61 Å². The molecule has 22 heavy (non-hydrogen) atoms. The lowest BCUT2D eigenvalue weighted by Gasteiger charge is -2.23. The van der Waals surface area contributed by atoms with E-state index in [4.69, 9.17) is 20.6 Å². The molecule has 0 aliphatic carbocycles. The van der Waals surface area contributed by atoms with Crippen LogP contribution in [0.25, 0.3) is 10.4 Å². The van der Waals surface area contributed by atoms with E-state index in [0.717, 1.165) is 12.3 Å². The molecule has 0 saturated carbocycles. The van der Waals surface area contributed by atoms with Crippen LogP contribution >= 0.6 is 0 Å². The van der Waals surface area contributed by atoms with Gasteiger partial charge in [0, 0.05) is 17.2 Å². The maximum Gasteiger partial charge on any atom is 0.320 e. The Labute approximate surface area is 119 Å². The van der Waals surface area contributed by atoms with E-state index in [1.165, 1.54) is 0 Å². The van der Waals surface area contributed by atoms with Gasteiger partial charge in [-0.15, -0.1) is 0 Å². The third-order valence-electron chi connectivity index (χ3n) is 3.09. The zero-order valence-corrected chi connectivity index (χ0v) is 10.7. The summed E-state index contributed by atoms with van der Waals surface area (Å²) < 4.78 is 33.8. The normalized spacial score (nSPS) is 31.0. The summed E-state index contributed by atoms with van der Waals surface area (Å²) in [7, 11) is 0. The Morgan fingerprint density at radius 1 is 1.59 bits per heavy atom. The molecule has 1 aromatic heterocycles. The fraction of sp³-hybridized carbons (Fsp3) is 0.556. The monoisotopic (exact) mass is 320 g/mol. The topological polar surface area (TPSA) is 169 Å². The predicted molar refractivity (Wildman–Crippen MR) is 62.4 cm³/mol. The van der Waals surface area contributed by atoms with E-state index >= 15 is 0 Å². The van der Waals surface area contributed by atoms with E-state index in [-0.39, 0.29) is 0 Å². The number of hydrogen-bond acceptors (Lipinski definition) is 7. The first-order valence-electron chi connectivity index (χ1n) is 5.73. The molecule has 2 heterocycles. The molecule has 2 rings (SSSR count). The van der Waals surface area contributed by atoms with Crippen LogP contribution in [-0.2, 0) is 4.74 Å². The van der Waals surface area contributed by atoms with Gasteiger partial charge >= 0.3 is 5.92 Å². The van der Waals surface area contributed by atoms with E-state index in [9.17, 15) is 18.7 Å². The third-order valence-corrected chi connectivity index (χ3v) is 3.09. The average Bonchev–Trinajstić information content (AvgIpc) is 2.69. The summed E-state index contributed by atoms with van der Waals surface area (Å²) in [6, 6.07) is 0.840. The molecule has 120 valence electrons. The molecule has 0 spiro atoms. The molecule has 11 nitrogen and oxygen atoms in total. The molecule has 13 heteroatoms. The van der Waals surface area contributed by atoms with Crippen molar-refractivity contribution in [2.45, 2.75) is 24.0 Å². The highest BCUT2D eigenvalue weighted by atomic mass is 19.3. The maximum atomic E-state index is 14.2. The molecule has 0 amide bonds. The third kappa shape index (κ3) is 2.21. The van der Waals surface area contributed by atoms with E-state index in [2.05, 4.69) is 15.2 Å². The largest absolute Gasteiger partial charge is 0.408 e. The molecule has 0 unspecified atom stereocenters. The SMILES string of the molecule is [N-]=[N+]=N[C@]1(CO)O[C@@H](n2ccc(=O)[nH]/c2=N\O)C(F)(F)[C@@H]1O. The van der Waals surface area contributed by atoms with Crippen molar-refractivity contribution in [3.05, 3.63) is 38.7 Å². The van der Waals surface area contributed by atoms with Crippen molar-refractivity contribution in [2.24, 2.45) is 10.3 Å². The van der Waals surface area contributed by atoms with E-state index in [0.29, 0.717) is 4.57 Å². The Balaban J connectivity index is 2.63. The second kappa shape index (κ2) is 5.38. The van der Waals surface area contributed by atoms with Crippen LogP contribution in [0.4, 0.5) is 8.78 Å². The van der Waals surface area contributed by atoms with Gasteiger partial charge < -0.3 is 20.2 Å². The average molecular weight is 320 g/mol. The Hall–Kier alpha value is -2.47. The maximum absolute atomic E-state index is 14.2. The van der Waals surface area contributed by atoms with Gasteiger partial charge in [-0.2, -0.15) is 8.78 Å². The standard InChI is InChI=1S/C9H10F2N6O5/c10-9(11)5(20)8(3-18,15-16-12)22-6(9)17-2-1-4(19)13-7(17)14-21/h1-2,5-6,18,20-21H,3H2,(H,13,14,19)/t5-,6-,8-/m1/s1. The smallest absolute Gasteiger partial charge is 0.320 e. The summed E-state index contributed by atoms with van der Waals surface area (Å²) in [6.45, 7) is -1.22. The summed E-state index contributed by atoms with van der Waals surface area (Å²) in [6.07, 6.45) is -4.15. The van der Waals surface area contributed by atoms with Crippen molar-refractivity contribution in [2.75, 3.05) is 6.61 Å². The summed E-state index contributed by atoms with van der Waals surface area (Å²) in [4.78, 5) is 15.3. The van der Waals surface area contributed by atoms with Gasteiger partial charge in [0.1, 0.15) is 0 Å². The van der Waals surface area contributed by atoms with Crippen LogP contribution in [-0.4, -0.2) is 49.3 Å². The fourth-order valence-electron chi connectivity index (χ4n) is 2.02. The fourth-order valence-corrected chi connectivity index (χ4v) is 2.02. The van der Waals surface area contributed by atoms with Crippen molar-refractivity contribution < 1.29 is 28.9 Å². The molecule has 1 aliphatic heterocycles. The minimum absolute atomic E-state index is 0.509. The van der Waals surface area contributed by atoms with Crippen molar-refractivity contribution >= 4 is 0 Å². The van der Waals surface area contributed by atoms with E-state index in [1.807, 2.05) is 4.98 Å². The van der Waals surface area contributed by atoms with Crippen LogP contribution < -0.4 is 11.2 Å². The molecule has 1 aromatic rings. The van der Waals surface area contributed by atoms with Crippen LogP contribution in [0, 0.1) is 0 Å². The number of rotatable bonds is 3. The van der Waals surface area contributed by atoms with Crippen molar-refractivity contribution in [1.82, 2.24) is 9.55 Å². The second-order valence-electron chi connectivity index (χ2n) is 4.38. The van der Waals surface area contributed by atoms with Gasteiger partial charge in [-0.25, -0.2) is 0 Å². The van der Waals surface area contributed by atoms with Crippen molar-refractivity contribution in [3.63, 3.8) is 0 Å². The molecule has 0 bridgehead atoms. The highest BCUT2D eigenvalue weighted by Crippen LogP contribution is 2.48. The number of aliphatic hydroxyl groups is 2. The molecule has 0 radical (unpaired) electrons. The van der Waals surface area contributed by atoms with Crippen molar-refractivity contribution in [1.29, 1.82) is 0 Å². The molecule has 1 fully saturated rings. The molecule has 0 aromatic carbocycles. The zero-order chi connectivity index (χ0) is 16.5. The lowest BCUT2D eigenvalue weighted by molar-refractivity contribution is -0.145. The number of nitrogens with zero attached hydrogens (tertiary/aromatic N) is 5. The molecule has 4 N–H and O–H groups in total. The Morgan fingerprint density at radius 3 is 2.82 bits per heavy atom. The minimum Gasteiger partial charge on any atom is -0.408 e. The number of aromatic amines is 1. The Kier molecular flexibility index (Phi) is 3.89. The first-order chi connectivity index (χ1) is 10.3. The highest BCUT2D eigenvalue weighted by Gasteiger charge is 2.66. The Bertz CT molecular complexity index is 741. The van der Waals surface area contributed by atoms with E-state index in [1.54, 1.807) is 0 Å². The summed E-state index contributed by atoms with van der Waals surface area (Å²) in [5.41, 5.74) is 4.34. The lowest BCUT2D eigenvalue weighted by atomic mass is 10.1. The van der Waals surface area contributed by atoms with Crippen LogP contribution in [0.1, 0.15) is 6.23 Å². The number of aliphatic hydroxyl groups excluding tert-OH is 2. The van der Waals surface area contributed by atoms with Crippen LogP contribution in [0.2, 0.25) is 0 Å². The lowest BCUT2D eigenvalue weighted by Crippen LogP contribution is -2.47. The summed E-state index contributed by atoms with van der Waals surface area (Å²) >= 11 is 0. The molecule has 3 atom stereocenters. The first kappa shape index (κ1) is 15.9. The van der Waals surface area contributed by atoms with Gasteiger partial charge in [0.15, 0.2) is 6.10 Å². The van der Waals surface area contributed by atoms with Gasteiger partial charge in [-0.05, 0) is 5.53 Å². The van der Waals surface area contributed by atoms with Crippen LogP contribution in [0.3, 0.4) is 0 Å². The van der Waals surface area contributed by atoms with Gasteiger partial charge in [0.2, 0.25) is 17.6 Å². The van der Waals surface area contributed by atoms with Crippen LogP contribution in [0.15, 0.2) is 27.3 Å². The number of aromatic nitrogens is 2. The number of hydrogen-bond donors (Lipinski definition) is 4. The number of H-pyrrole nitrogens is 1. The molecule has 1 aliphatic rings. The minimum atomic E-state index is -4.03. The van der Waals surface area contributed by atoms with Crippen LogP contribution in [0.5, 0.6) is 0 Å². The molecular weight excluding hydrogens is 310 g/mol. The highest BCUT2D eigenvalue weighted by molar-refractivity contribution is 5.05. The summed E-state index contributed by atoms with van der Waals surface area (Å²) in [5, 5.41) is 33.1. The second-order valence-corrected chi connectivity index (χ2v) is 4.38. The van der Waals surface area contributed by atoms with E-state index < -0.39 is 41.8 Å². The number of azide groups is 1. The zero-order valence-electron chi connectivity index (χ0n) is 10.7. The number of halogens is 2.